The van der Waals surface area contributed by atoms with Gasteiger partial charge in [0.15, 0.2) is 0 Å². The summed E-state index contributed by atoms with van der Waals surface area (Å²) < 4.78 is 11.7. The highest BCUT2D eigenvalue weighted by molar-refractivity contribution is 5.05. The molecule has 0 bridgehead atoms. The number of hydrogen-bond acceptors (Lipinski definition) is 4. The summed E-state index contributed by atoms with van der Waals surface area (Å²) in [5.74, 6) is 0.471. The normalized spacial score (nSPS) is 29.1. The van der Waals surface area contributed by atoms with Gasteiger partial charge in [0.05, 0.1) is 17.8 Å². The molecule has 1 heterocycles. The maximum Gasteiger partial charge on any atom is 0.0790 e. The van der Waals surface area contributed by atoms with E-state index in [1.807, 2.05) is 14.0 Å². The second-order valence-electron chi connectivity index (χ2n) is 6.64. The van der Waals surface area contributed by atoms with Gasteiger partial charge < -0.3 is 19.7 Å². The first kappa shape index (κ1) is 16.9. The van der Waals surface area contributed by atoms with Crippen LogP contribution >= 0.6 is 0 Å². The van der Waals surface area contributed by atoms with Gasteiger partial charge in [-0.15, -0.1) is 0 Å². The van der Waals surface area contributed by atoms with Crippen molar-refractivity contribution in [2.75, 3.05) is 40.4 Å². The van der Waals surface area contributed by atoms with E-state index in [2.05, 4.69) is 45.0 Å². The molecule has 4 nitrogen and oxygen atoms in total. The summed E-state index contributed by atoms with van der Waals surface area (Å²) in [4.78, 5) is 2.34. The Morgan fingerprint density at radius 2 is 1.84 bits per heavy atom. The maximum absolute atomic E-state index is 6.26. The zero-order valence-corrected chi connectivity index (χ0v) is 13.7. The summed E-state index contributed by atoms with van der Waals surface area (Å²) in [6.07, 6.45) is 0. The van der Waals surface area contributed by atoms with Crippen LogP contribution in [0.4, 0.5) is 0 Å². The molecule has 0 aromatic heterocycles. The smallest absolute Gasteiger partial charge is 0.0790 e. The molecule has 1 N–H and O–H groups in total. The molecule has 1 aliphatic rings. The molecule has 2 atom stereocenters. The predicted molar refractivity (Wildman–Crippen MR) is 79.6 cm³/mol. The average Bonchev–Trinajstić information content (AvgIpc) is 2.44. The maximum atomic E-state index is 6.26. The van der Waals surface area contributed by atoms with Crippen molar-refractivity contribution < 1.29 is 9.47 Å². The number of rotatable bonds is 7. The second-order valence-corrected chi connectivity index (χ2v) is 6.64. The first-order chi connectivity index (χ1) is 8.74. The Bertz CT molecular complexity index is 279. The van der Waals surface area contributed by atoms with E-state index < -0.39 is 0 Å². The minimum absolute atomic E-state index is 0.100. The van der Waals surface area contributed by atoms with Crippen LogP contribution in [0.5, 0.6) is 0 Å². The van der Waals surface area contributed by atoms with Crippen molar-refractivity contribution in [2.24, 2.45) is 5.92 Å². The van der Waals surface area contributed by atoms with Crippen molar-refractivity contribution in [1.82, 2.24) is 10.2 Å². The van der Waals surface area contributed by atoms with Crippen molar-refractivity contribution in [3.63, 3.8) is 0 Å². The summed E-state index contributed by atoms with van der Waals surface area (Å²) in [6, 6.07) is 0.372. The van der Waals surface area contributed by atoms with Crippen LogP contribution in [0, 0.1) is 5.92 Å². The van der Waals surface area contributed by atoms with Crippen LogP contribution < -0.4 is 5.32 Å². The van der Waals surface area contributed by atoms with E-state index in [0.29, 0.717) is 12.0 Å². The van der Waals surface area contributed by atoms with Crippen molar-refractivity contribution in [3.05, 3.63) is 0 Å². The van der Waals surface area contributed by atoms with Crippen LogP contribution in [0.2, 0.25) is 0 Å². The van der Waals surface area contributed by atoms with Gasteiger partial charge in [-0.3, -0.25) is 0 Å². The van der Waals surface area contributed by atoms with Crippen molar-refractivity contribution >= 4 is 0 Å². The van der Waals surface area contributed by atoms with E-state index in [1.54, 1.807) is 0 Å². The lowest BCUT2D eigenvalue weighted by Gasteiger charge is -2.32. The molecule has 0 radical (unpaired) electrons. The summed E-state index contributed by atoms with van der Waals surface area (Å²) in [7, 11) is 4.19. The average molecular weight is 272 g/mol. The van der Waals surface area contributed by atoms with E-state index in [4.69, 9.17) is 9.47 Å². The van der Waals surface area contributed by atoms with Gasteiger partial charge in [-0.1, -0.05) is 0 Å². The Hall–Kier alpha value is -0.160. The first-order valence-electron chi connectivity index (χ1n) is 7.38. The molecule has 0 saturated carbocycles. The van der Waals surface area contributed by atoms with Crippen LogP contribution in [0.3, 0.4) is 0 Å². The Morgan fingerprint density at radius 1 is 1.21 bits per heavy atom. The number of ether oxygens (including phenoxy) is 2. The minimum Gasteiger partial charge on any atom is -0.380 e. The molecule has 0 aromatic rings. The Morgan fingerprint density at radius 3 is 2.37 bits per heavy atom. The molecule has 0 aromatic carbocycles. The third kappa shape index (κ3) is 4.15. The molecule has 4 heteroatoms. The lowest BCUT2D eigenvalue weighted by molar-refractivity contribution is -0.0792. The van der Waals surface area contributed by atoms with Gasteiger partial charge in [0, 0.05) is 31.7 Å². The van der Waals surface area contributed by atoms with E-state index in [9.17, 15) is 0 Å². The van der Waals surface area contributed by atoms with E-state index in [1.165, 1.54) is 0 Å². The van der Waals surface area contributed by atoms with Crippen LogP contribution in [-0.4, -0.2) is 62.5 Å². The van der Waals surface area contributed by atoms with Crippen molar-refractivity contribution in [1.29, 1.82) is 0 Å². The zero-order valence-electron chi connectivity index (χ0n) is 13.7. The van der Waals surface area contributed by atoms with Gasteiger partial charge in [0.25, 0.3) is 0 Å². The molecule has 19 heavy (non-hydrogen) atoms. The molecule has 0 spiro atoms. The fourth-order valence-electron chi connectivity index (χ4n) is 3.37. The van der Waals surface area contributed by atoms with Gasteiger partial charge in [-0.2, -0.15) is 0 Å². The SMILES string of the molecule is CCOCCN(C)CC1C(NC)C(C)(C)OC1(C)C. The lowest BCUT2D eigenvalue weighted by Crippen LogP contribution is -2.49. The Balaban J connectivity index is 2.63. The molecule has 1 saturated heterocycles. The molecule has 114 valence electrons. The van der Waals surface area contributed by atoms with Crippen molar-refractivity contribution in [3.8, 4) is 0 Å². The molecule has 0 amide bonds. The van der Waals surface area contributed by atoms with Gasteiger partial charge in [-0.25, -0.2) is 0 Å². The molecule has 1 fully saturated rings. The number of nitrogens with zero attached hydrogens (tertiary/aromatic N) is 1. The third-order valence-corrected chi connectivity index (χ3v) is 4.21. The second kappa shape index (κ2) is 6.53. The van der Waals surface area contributed by atoms with Crippen LogP contribution in [0.15, 0.2) is 0 Å². The topological polar surface area (TPSA) is 33.7 Å². The predicted octanol–water partition coefficient (Wildman–Crippen LogP) is 1.75. The molecule has 0 aliphatic carbocycles. The Labute approximate surface area is 118 Å². The third-order valence-electron chi connectivity index (χ3n) is 4.21. The van der Waals surface area contributed by atoms with E-state index in [0.717, 1.165) is 26.3 Å². The van der Waals surface area contributed by atoms with Crippen molar-refractivity contribution in [2.45, 2.75) is 51.9 Å². The largest absolute Gasteiger partial charge is 0.380 e. The number of likely N-dealkylation sites (N-methyl/N-ethyl adjacent to an activating group) is 2. The molecular formula is C15H32N2O2. The monoisotopic (exact) mass is 272 g/mol. The van der Waals surface area contributed by atoms with Gasteiger partial charge in [-0.05, 0) is 48.7 Å². The quantitative estimate of drug-likeness (QED) is 0.716. The van der Waals surface area contributed by atoms with Gasteiger partial charge in [0.1, 0.15) is 0 Å². The molecular weight excluding hydrogens is 240 g/mol. The van der Waals surface area contributed by atoms with Crippen LogP contribution in [-0.2, 0) is 9.47 Å². The molecule has 2 unspecified atom stereocenters. The van der Waals surface area contributed by atoms with Crippen LogP contribution in [0.25, 0.3) is 0 Å². The highest BCUT2D eigenvalue weighted by Crippen LogP contribution is 2.42. The molecule has 1 rings (SSSR count). The standard InChI is InChI=1S/C15H32N2O2/c1-8-18-10-9-17(7)11-12-13(16-6)15(4,5)19-14(12,2)3/h12-13,16H,8-11H2,1-7H3. The minimum atomic E-state index is -0.121. The fraction of sp³-hybridized carbons (Fsp3) is 1.00. The van der Waals surface area contributed by atoms with E-state index >= 15 is 0 Å². The highest BCUT2D eigenvalue weighted by atomic mass is 16.5. The Kier molecular flexibility index (Phi) is 5.80. The summed E-state index contributed by atoms with van der Waals surface area (Å²) >= 11 is 0. The summed E-state index contributed by atoms with van der Waals surface area (Å²) in [5.41, 5.74) is -0.222. The fourth-order valence-corrected chi connectivity index (χ4v) is 3.37. The lowest BCUT2D eigenvalue weighted by atomic mass is 9.82. The summed E-state index contributed by atoms with van der Waals surface area (Å²) in [6.45, 7) is 14.4. The number of nitrogens with one attached hydrogen (secondary N) is 1. The first-order valence-corrected chi connectivity index (χ1v) is 7.38. The van der Waals surface area contributed by atoms with Crippen LogP contribution in [0.1, 0.15) is 34.6 Å². The highest BCUT2D eigenvalue weighted by Gasteiger charge is 2.53. The summed E-state index contributed by atoms with van der Waals surface area (Å²) in [5, 5.41) is 3.45. The molecule has 1 aliphatic heterocycles. The zero-order chi connectivity index (χ0) is 14.7. The van der Waals surface area contributed by atoms with Gasteiger partial charge >= 0.3 is 0 Å². The number of hydrogen-bond donors (Lipinski definition) is 1. The van der Waals surface area contributed by atoms with Gasteiger partial charge in [0.2, 0.25) is 0 Å². The van der Waals surface area contributed by atoms with E-state index in [-0.39, 0.29) is 11.2 Å².